The molecule has 1 heterocycles. The third-order valence-corrected chi connectivity index (χ3v) is 2.68. The molecule has 0 spiro atoms. The summed E-state index contributed by atoms with van der Waals surface area (Å²) in [5, 5.41) is 0. The summed E-state index contributed by atoms with van der Waals surface area (Å²) in [5.74, 6) is 5.17. The van der Waals surface area contributed by atoms with E-state index in [0.29, 0.717) is 18.1 Å². The van der Waals surface area contributed by atoms with Gasteiger partial charge in [0.15, 0.2) is 0 Å². The van der Waals surface area contributed by atoms with Gasteiger partial charge in [-0.25, -0.2) is 10.8 Å². The first-order chi connectivity index (χ1) is 8.71. The van der Waals surface area contributed by atoms with Crippen molar-refractivity contribution >= 4 is 5.91 Å². The number of hydrogen-bond donors (Lipinski definition) is 2. The number of aromatic nitrogens is 1. The lowest BCUT2D eigenvalue weighted by Crippen LogP contribution is -2.30. The van der Waals surface area contributed by atoms with E-state index in [0.717, 1.165) is 19.6 Å². The molecule has 0 saturated carbocycles. The number of nitrogens with two attached hydrogens (primary N) is 1. The van der Waals surface area contributed by atoms with Gasteiger partial charge in [0.05, 0.1) is 5.56 Å². The smallest absolute Gasteiger partial charge is 0.266 e. The molecule has 0 atom stereocenters. The molecule has 6 heteroatoms. The summed E-state index contributed by atoms with van der Waals surface area (Å²) in [6, 6.07) is 3.29. The van der Waals surface area contributed by atoms with Crippen LogP contribution in [0.5, 0.6) is 5.88 Å². The van der Waals surface area contributed by atoms with Gasteiger partial charge in [-0.2, -0.15) is 0 Å². The third kappa shape index (κ3) is 4.31. The molecule has 1 rings (SSSR count). The van der Waals surface area contributed by atoms with Crippen molar-refractivity contribution in [3.05, 3.63) is 23.9 Å². The number of hydrazine groups is 1. The maximum absolute atomic E-state index is 11.2. The Kier molecular flexibility index (Phi) is 6.10. The largest absolute Gasteiger partial charge is 0.476 e. The van der Waals surface area contributed by atoms with Gasteiger partial charge in [-0.05, 0) is 19.2 Å². The molecule has 0 saturated heterocycles. The van der Waals surface area contributed by atoms with Crippen LogP contribution in [-0.2, 0) is 0 Å². The number of carbonyl (C=O) groups is 1. The number of hydrogen-bond acceptors (Lipinski definition) is 5. The van der Waals surface area contributed by atoms with Crippen molar-refractivity contribution in [2.24, 2.45) is 5.84 Å². The monoisotopic (exact) mass is 252 g/mol. The number of rotatable bonds is 7. The van der Waals surface area contributed by atoms with E-state index in [1.54, 1.807) is 12.1 Å². The molecular formula is C12H20N4O2. The van der Waals surface area contributed by atoms with Crippen LogP contribution in [0, 0.1) is 0 Å². The van der Waals surface area contributed by atoms with Gasteiger partial charge in [-0.15, -0.1) is 0 Å². The van der Waals surface area contributed by atoms with Gasteiger partial charge >= 0.3 is 0 Å². The second kappa shape index (κ2) is 7.62. The number of amides is 1. The molecule has 18 heavy (non-hydrogen) atoms. The molecule has 0 unspecified atom stereocenters. The van der Waals surface area contributed by atoms with Gasteiger partial charge < -0.3 is 9.64 Å². The number of likely N-dealkylation sites (N-methyl/N-ethyl adjacent to an activating group) is 1. The fraction of sp³-hybridized carbons (Fsp3) is 0.500. The van der Waals surface area contributed by atoms with E-state index in [1.165, 1.54) is 6.20 Å². The van der Waals surface area contributed by atoms with E-state index in [1.807, 2.05) is 5.43 Å². The van der Waals surface area contributed by atoms with Gasteiger partial charge in [-0.1, -0.05) is 13.8 Å². The van der Waals surface area contributed by atoms with E-state index in [2.05, 4.69) is 23.7 Å². The fourth-order valence-electron chi connectivity index (χ4n) is 1.50. The van der Waals surface area contributed by atoms with Crippen LogP contribution < -0.4 is 16.0 Å². The van der Waals surface area contributed by atoms with E-state index in [9.17, 15) is 4.79 Å². The summed E-state index contributed by atoms with van der Waals surface area (Å²) < 4.78 is 5.49. The third-order valence-electron chi connectivity index (χ3n) is 2.68. The Hall–Kier alpha value is -1.66. The first kappa shape index (κ1) is 14.4. The predicted molar refractivity (Wildman–Crippen MR) is 69.2 cm³/mol. The summed E-state index contributed by atoms with van der Waals surface area (Å²) in [6.45, 7) is 7.67. The zero-order chi connectivity index (χ0) is 13.4. The highest BCUT2D eigenvalue weighted by Crippen LogP contribution is 2.07. The van der Waals surface area contributed by atoms with Gasteiger partial charge in [0.25, 0.3) is 5.91 Å². The van der Waals surface area contributed by atoms with Crippen LogP contribution in [0.25, 0.3) is 0 Å². The number of nitrogen functional groups attached to an aromatic ring is 1. The molecular weight excluding hydrogens is 232 g/mol. The minimum atomic E-state index is -0.364. The molecule has 0 radical (unpaired) electrons. The second-order valence-electron chi connectivity index (χ2n) is 3.73. The van der Waals surface area contributed by atoms with Crippen LogP contribution in [0.3, 0.4) is 0 Å². The van der Waals surface area contributed by atoms with Crippen molar-refractivity contribution < 1.29 is 9.53 Å². The van der Waals surface area contributed by atoms with E-state index in [4.69, 9.17) is 10.6 Å². The molecule has 3 N–H and O–H groups in total. The molecule has 0 aliphatic heterocycles. The number of pyridine rings is 1. The highest BCUT2D eigenvalue weighted by molar-refractivity contribution is 5.93. The Balaban J connectivity index is 2.42. The maximum atomic E-state index is 11.2. The molecule has 1 aromatic rings. The predicted octanol–water partition coefficient (Wildman–Crippen LogP) is 0.406. The molecule has 0 fully saturated rings. The second-order valence-corrected chi connectivity index (χ2v) is 3.73. The standard InChI is InChI=1S/C12H20N4O2/c1-3-16(4-2)7-8-18-11-6-5-10(9-14-11)12(17)15-13/h5-6,9H,3-4,7-8,13H2,1-2H3,(H,15,17). The average Bonchev–Trinajstić information content (AvgIpc) is 2.43. The summed E-state index contributed by atoms with van der Waals surface area (Å²) >= 11 is 0. The van der Waals surface area contributed by atoms with E-state index in [-0.39, 0.29) is 5.91 Å². The average molecular weight is 252 g/mol. The van der Waals surface area contributed by atoms with Crippen molar-refractivity contribution in [3.63, 3.8) is 0 Å². The number of ether oxygens (including phenoxy) is 1. The van der Waals surface area contributed by atoms with Crippen molar-refractivity contribution in [3.8, 4) is 5.88 Å². The van der Waals surface area contributed by atoms with E-state index < -0.39 is 0 Å². The molecule has 1 aromatic heterocycles. The normalized spacial score (nSPS) is 10.4. The summed E-state index contributed by atoms with van der Waals surface area (Å²) in [4.78, 5) is 17.5. The maximum Gasteiger partial charge on any atom is 0.266 e. The van der Waals surface area contributed by atoms with Gasteiger partial charge in [0.1, 0.15) is 6.61 Å². The van der Waals surface area contributed by atoms with E-state index >= 15 is 0 Å². The lowest BCUT2D eigenvalue weighted by Gasteiger charge is -2.17. The Bertz CT molecular complexity index is 363. The zero-order valence-corrected chi connectivity index (χ0v) is 10.8. The molecule has 1 amide bonds. The van der Waals surface area contributed by atoms with Crippen molar-refractivity contribution in [2.75, 3.05) is 26.2 Å². The highest BCUT2D eigenvalue weighted by atomic mass is 16.5. The Morgan fingerprint density at radius 1 is 1.44 bits per heavy atom. The SMILES string of the molecule is CCN(CC)CCOc1ccc(C(=O)NN)cn1. The van der Waals surface area contributed by atoms with Crippen molar-refractivity contribution in [2.45, 2.75) is 13.8 Å². The van der Waals surface area contributed by atoms with Crippen LogP contribution in [0.15, 0.2) is 18.3 Å². The van der Waals surface area contributed by atoms with Crippen molar-refractivity contribution in [1.82, 2.24) is 15.3 Å². The summed E-state index contributed by atoms with van der Waals surface area (Å²) in [6.07, 6.45) is 1.44. The zero-order valence-electron chi connectivity index (χ0n) is 10.8. The first-order valence-corrected chi connectivity index (χ1v) is 6.03. The fourth-order valence-corrected chi connectivity index (χ4v) is 1.50. The summed E-state index contributed by atoms with van der Waals surface area (Å²) in [5.41, 5.74) is 2.46. The molecule has 0 aliphatic carbocycles. The van der Waals surface area contributed by atoms with Gasteiger partial charge in [-0.3, -0.25) is 10.2 Å². The van der Waals surface area contributed by atoms with Crippen LogP contribution in [-0.4, -0.2) is 42.0 Å². The minimum absolute atomic E-state index is 0.364. The molecule has 0 aliphatic rings. The quantitative estimate of drug-likeness (QED) is 0.417. The number of nitrogens with zero attached hydrogens (tertiary/aromatic N) is 2. The van der Waals surface area contributed by atoms with Crippen LogP contribution in [0.4, 0.5) is 0 Å². The van der Waals surface area contributed by atoms with Crippen LogP contribution in [0.2, 0.25) is 0 Å². The highest BCUT2D eigenvalue weighted by Gasteiger charge is 2.04. The van der Waals surface area contributed by atoms with Gasteiger partial charge in [0.2, 0.25) is 5.88 Å². The summed E-state index contributed by atoms with van der Waals surface area (Å²) in [7, 11) is 0. The van der Waals surface area contributed by atoms with Gasteiger partial charge in [0, 0.05) is 18.8 Å². The molecule has 0 bridgehead atoms. The molecule has 100 valence electrons. The van der Waals surface area contributed by atoms with Crippen LogP contribution >= 0.6 is 0 Å². The molecule has 0 aromatic carbocycles. The Morgan fingerprint density at radius 2 is 2.17 bits per heavy atom. The lowest BCUT2D eigenvalue weighted by atomic mass is 10.3. The Labute approximate surface area is 107 Å². The first-order valence-electron chi connectivity index (χ1n) is 6.03. The lowest BCUT2D eigenvalue weighted by molar-refractivity contribution is 0.0953. The Morgan fingerprint density at radius 3 is 2.67 bits per heavy atom. The molecule has 6 nitrogen and oxygen atoms in total. The minimum Gasteiger partial charge on any atom is -0.476 e. The number of nitrogens with one attached hydrogen (secondary N) is 1. The van der Waals surface area contributed by atoms with Crippen molar-refractivity contribution in [1.29, 1.82) is 0 Å². The van der Waals surface area contributed by atoms with Crippen LogP contribution in [0.1, 0.15) is 24.2 Å². The number of carbonyl (C=O) groups excluding carboxylic acids is 1. The topological polar surface area (TPSA) is 80.5 Å².